The minimum absolute atomic E-state index is 0.357. The lowest BCUT2D eigenvalue weighted by atomic mass is 10.3. The molecule has 3 N–H and O–H groups in total. The van der Waals surface area contributed by atoms with Gasteiger partial charge >= 0.3 is 0 Å². The van der Waals surface area contributed by atoms with Crippen LogP contribution in [0.3, 0.4) is 0 Å². The number of hydrogen-bond donors (Lipinski definition) is 2. The normalized spacial score (nSPS) is 10.0. The van der Waals surface area contributed by atoms with E-state index in [0.717, 1.165) is 5.69 Å². The van der Waals surface area contributed by atoms with Gasteiger partial charge in [-0.3, -0.25) is 14.9 Å². The molecule has 0 fully saturated rings. The molecular formula is C6H9BrN4O. The molecule has 6 heteroatoms. The molecule has 0 aliphatic carbocycles. The summed E-state index contributed by atoms with van der Waals surface area (Å²) < 4.78 is 2.15. The third-order valence-corrected chi connectivity index (χ3v) is 2.44. The molecule has 1 aromatic heterocycles. The second-order valence-corrected chi connectivity index (χ2v) is 3.14. The van der Waals surface area contributed by atoms with Crippen LogP contribution in [0.2, 0.25) is 0 Å². The fourth-order valence-electron chi connectivity index (χ4n) is 0.947. The van der Waals surface area contributed by atoms with E-state index in [1.807, 2.05) is 5.43 Å². The molecule has 0 bridgehead atoms. The Morgan fingerprint density at radius 1 is 1.75 bits per heavy atom. The first-order valence-electron chi connectivity index (χ1n) is 3.28. The number of carbonyl (C=O) groups is 1. The molecule has 0 saturated carbocycles. The van der Waals surface area contributed by atoms with Crippen molar-refractivity contribution in [1.29, 1.82) is 0 Å². The van der Waals surface area contributed by atoms with Crippen LogP contribution in [0.4, 0.5) is 0 Å². The summed E-state index contributed by atoms with van der Waals surface area (Å²) in [6.07, 6.45) is 0. The monoisotopic (exact) mass is 232 g/mol. The molecule has 0 atom stereocenters. The van der Waals surface area contributed by atoms with Gasteiger partial charge in [-0.1, -0.05) is 0 Å². The first-order chi connectivity index (χ1) is 5.57. The lowest BCUT2D eigenvalue weighted by Crippen LogP contribution is -2.31. The van der Waals surface area contributed by atoms with Crippen LogP contribution in [0.25, 0.3) is 0 Å². The highest BCUT2D eigenvalue weighted by Gasteiger charge is 2.16. The van der Waals surface area contributed by atoms with E-state index in [9.17, 15) is 4.79 Å². The van der Waals surface area contributed by atoms with Crippen LogP contribution in [0.1, 0.15) is 16.2 Å². The van der Waals surface area contributed by atoms with E-state index in [-0.39, 0.29) is 5.91 Å². The van der Waals surface area contributed by atoms with Gasteiger partial charge in [0.05, 0.1) is 10.2 Å². The molecule has 0 saturated heterocycles. The zero-order valence-electron chi connectivity index (χ0n) is 6.76. The van der Waals surface area contributed by atoms with Crippen LogP contribution >= 0.6 is 15.9 Å². The van der Waals surface area contributed by atoms with Crippen LogP contribution in [0, 0.1) is 6.92 Å². The Hall–Kier alpha value is -0.880. The van der Waals surface area contributed by atoms with E-state index in [1.165, 1.54) is 4.68 Å². The van der Waals surface area contributed by atoms with Crippen molar-refractivity contribution in [3.8, 4) is 0 Å². The molecule has 0 radical (unpaired) electrons. The summed E-state index contributed by atoms with van der Waals surface area (Å²) in [6, 6.07) is 0. The van der Waals surface area contributed by atoms with E-state index in [4.69, 9.17) is 5.84 Å². The standard InChI is InChI=1S/C6H9BrN4O/c1-3-4(7)5(6(12)9-8)11(2)10-3/h8H2,1-2H3,(H,9,12). The number of aryl methyl sites for hydroxylation is 2. The Morgan fingerprint density at radius 2 is 2.33 bits per heavy atom. The smallest absolute Gasteiger partial charge is 0.284 e. The first kappa shape index (κ1) is 9.21. The molecular weight excluding hydrogens is 224 g/mol. The highest BCUT2D eigenvalue weighted by molar-refractivity contribution is 9.10. The molecule has 66 valence electrons. The van der Waals surface area contributed by atoms with Crippen molar-refractivity contribution in [2.75, 3.05) is 0 Å². The molecule has 12 heavy (non-hydrogen) atoms. The summed E-state index contributed by atoms with van der Waals surface area (Å²) in [7, 11) is 1.68. The molecule has 0 unspecified atom stereocenters. The molecule has 1 rings (SSSR count). The van der Waals surface area contributed by atoms with Gasteiger partial charge in [0.1, 0.15) is 5.69 Å². The van der Waals surface area contributed by atoms with E-state index < -0.39 is 0 Å². The molecule has 0 aromatic carbocycles. The van der Waals surface area contributed by atoms with Crippen molar-refractivity contribution in [2.24, 2.45) is 12.9 Å². The number of aromatic nitrogens is 2. The highest BCUT2D eigenvalue weighted by atomic mass is 79.9. The fraction of sp³-hybridized carbons (Fsp3) is 0.333. The Labute approximate surface area is 78.0 Å². The number of nitrogen functional groups attached to an aromatic ring is 1. The van der Waals surface area contributed by atoms with Gasteiger partial charge in [-0.2, -0.15) is 5.10 Å². The van der Waals surface area contributed by atoms with Gasteiger partial charge in [-0.25, -0.2) is 5.84 Å². The average molecular weight is 233 g/mol. The molecule has 0 spiro atoms. The molecule has 0 aliphatic rings. The maximum absolute atomic E-state index is 11.1. The van der Waals surface area contributed by atoms with Crippen molar-refractivity contribution < 1.29 is 4.79 Å². The Balaban J connectivity index is 3.22. The third kappa shape index (κ3) is 1.35. The SMILES string of the molecule is Cc1nn(C)c(C(=O)NN)c1Br. The maximum Gasteiger partial charge on any atom is 0.284 e. The largest absolute Gasteiger partial charge is 0.289 e. The average Bonchev–Trinajstić information content (AvgIpc) is 2.26. The van der Waals surface area contributed by atoms with Gasteiger partial charge in [0.15, 0.2) is 0 Å². The summed E-state index contributed by atoms with van der Waals surface area (Å²) in [5.74, 6) is 4.63. The van der Waals surface area contributed by atoms with Gasteiger partial charge < -0.3 is 0 Å². The Morgan fingerprint density at radius 3 is 2.67 bits per heavy atom. The van der Waals surface area contributed by atoms with E-state index in [0.29, 0.717) is 10.2 Å². The van der Waals surface area contributed by atoms with Crippen molar-refractivity contribution >= 4 is 21.8 Å². The second-order valence-electron chi connectivity index (χ2n) is 2.35. The predicted molar refractivity (Wildman–Crippen MR) is 47.3 cm³/mol. The van der Waals surface area contributed by atoms with E-state index >= 15 is 0 Å². The number of nitrogens with one attached hydrogen (secondary N) is 1. The lowest BCUT2D eigenvalue weighted by molar-refractivity contribution is 0.0943. The zero-order chi connectivity index (χ0) is 9.30. The third-order valence-electron chi connectivity index (χ3n) is 1.50. The number of halogens is 1. The van der Waals surface area contributed by atoms with Crippen LogP contribution in [-0.4, -0.2) is 15.7 Å². The van der Waals surface area contributed by atoms with E-state index in [2.05, 4.69) is 21.0 Å². The van der Waals surface area contributed by atoms with Gasteiger partial charge in [-0.15, -0.1) is 0 Å². The van der Waals surface area contributed by atoms with Crippen molar-refractivity contribution in [1.82, 2.24) is 15.2 Å². The van der Waals surface area contributed by atoms with Crippen LogP contribution in [0.15, 0.2) is 4.47 Å². The number of carbonyl (C=O) groups excluding carboxylic acids is 1. The first-order valence-corrected chi connectivity index (χ1v) is 4.07. The van der Waals surface area contributed by atoms with Crippen molar-refractivity contribution in [3.63, 3.8) is 0 Å². The summed E-state index contributed by atoms with van der Waals surface area (Å²) in [5.41, 5.74) is 3.23. The molecule has 1 amide bonds. The number of amides is 1. The van der Waals surface area contributed by atoms with Gasteiger partial charge in [-0.05, 0) is 22.9 Å². The molecule has 0 aliphatic heterocycles. The number of nitrogens with zero attached hydrogens (tertiary/aromatic N) is 2. The Bertz CT molecular complexity index is 320. The maximum atomic E-state index is 11.1. The lowest BCUT2D eigenvalue weighted by Gasteiger charge is -1.99. The number of nitrogens with two attached hydrogens (primary N) is 1. The van der Waals surface area contributed by atoms with Crippen molar-refractivity contribution in [2.45, 2.75) is 6.92 Å². The summed E-state index contributed by atoms with van der Waals surface area (Å²) in [5, 5.41) is 4.03. The van der Waals surface area contributed by atoms with Crippen LogP contribution < -0.4 is 11.3 Å². The minimum Gasteiger partial charge on any atom is -0.289 e. The van der Waals surface area contributed by atoms with Crippen LogP contribution in [0.5, 0.6) is 0 Å². The number of rotatable bonds is 1. The molecule has 1 aromatic rings. The summed E-state index contributed by atoms with van der Waals surface area (Å²) in [4.78, 5) is 11.1. The van der Waals surface area contributed by atoms with Gasteiger partial charge in [0.25, 0.3) is 5.91 Å². The zero-order valence-corrected chi connectivity index (χ0v) is 8.34. The predicted octanol–water partition coefficient (Wildman–Crippen LogP) is 0.0945. The van der Waals surface area contributed by atoms with Crippen molar-refractivity contribution in [3.05, 3.63) is 15.9 Å². The fourth-order valence-corrected chi connectivity index (χ4v) is 1.46. The summed E-state index contributed by atoms with van der Waals surface area (Å²) >= 11 is 3.24. The second kappa shape index (κ2) is 3.24. The highest BCUT2D eigenvalue weighted by Crippen LogP contribution is 2.19. The topological polar surface area (TPSA) is 72.9 Å². The summed E-state index contributed by atoms with van der Waals surface area (Å²) in [6.45, 7) is 1.80. The molecule has 5 nitrogen and oxygen atoms in total. The van der Waals surface area contributed by atoms with Gasteiger partial charge in [0, 0.05) is 7.05 Å². The van der Waals surface area contributed by atoms with Gasteiger partial charge in [0.2, 0.25) is 0 Å². The Kier molecular flexibility index (Phi) is 2.49. The number of hydrogen-bond acceptors (Lipinski definition) is 3. The van der Waals surface area contributed by atoms with Crippen LogP contribution in [-0.2, 0) is 7.05 Å². The molecule has 1 heterocycles. The van der Waals surface area contributed by atoms with E-state index in [1.54, 1.807) is 14.0 Å². The quantitative estimate of drug-likeness (QED) is 0.410. The number of hydrazine groups is 1. The minimum atomic E-state index is -0.357.